The Bertz CT molecular complexity index is 608. The predicted molar refractivity (Wildman–Crippen MR) is 95.8 cm³/mol. The van der Waals surface area contributed by atoms with Crippen LogP contribution in [0, 0.1) is 11.8 Å². The average Bonchev–Trinajstić information content (AvgIpc) is 2.61. The van der Waals surface area contributed by atoms with Crippen LogP contribution < -0.4 is 0 Å². The number of fused-ring (bicyclic) bond motifs is 1. The van der Waals surface area contributed by atoms with E-state index in [2.05, 4.69) is 36.4 Å². The minimum Gasteiger partial charge on any atom is -0.394 e. The zero-order valence-electron chi connectivity index (χ0n) is 14.5. The second kappa shape index (κ2) is 9.74. The summed E-state index contributed by atoms with van der Waals surface area (Å²) in [6.07, 6.45) is 0.963. The van der Waals surface area contributed by atoms with Crippen molar-refractivity contribution in [3.05, 3.63) is 48.0 Å². The lowest BCUT2D eigenvalue weighted by atomic mass is 9.87. The largest absolute Gasteiger partial charge is 0.394 e. The van der Waals surface area contributed by atoms with Gasteiger partial charge in [-0.15, -0.1) is 0 Å². The Labute approximate surface area is 144 Å². The zero-order valence-corrected chi connectivity index (χ0v) is 14.5. The van der Waals surface area contributed by atoms with Crippen LogP contribution in [0.1, 0.15) is 18.9 Å². The monoisotopic (exact) mass is 332 g/mol. The van der Waals surface area contributed by atoms with E-state index in [1.165, 1.54) is 16.3 Å². The first kappa shape index (κ1) is 18.9. The van der Waals surface area contributed by atoms with Gasteiger partial charge in [-0.25, -0.2) is 0 Å². The number of ether oxygens (including phenoxy) is 2. The van der Waals surface area contributed by atoms with Crippen molar-refractivity contribution in [2.24, 2.45) is 11.8 Å². The minimum atomic E-state index is -0.692. The highest BCUT2D eigenvalue weighted by molar-refractivity contribution is 5.85. The summed E-state index contributed by atoms with van der Waals surface area (Å²) < 4.78 is 10.6. The van der Waals surface area contributed by atoms with E-state index in [-0.39, 0.29) is 25.2 Å². The Morgan fingerprint density at radius 2 is 1.83 bits per heavy atom. The predicted octanol–water partition coefficient (Wildman–Crippen LogP) is 3.00. The van der Waals surface area contributed by atoms with Crippen molar-refractivity contribution in [3.8, 4) is 0 Å². The van der Waals surface area contributed by atoms with Crippen molar-refractivity contribution in [2.75, 3.05) is 27.1 Å². The standard InChI is InChI=1S/C20H28O4/c1-15(20(22)12-21)10-16(13-24-14-23-2)11-18-8-5-7-17-6-3-4-9-19(17)18/h3-9,15-16,20-22H,10-14H2,1-2H3/t15-,16+,20+/m0/s1. The fraction of sp³-hybridized carbons (Fsp3) is 0.500. The van der Waals surface area contributed by atoms with E-state index in [9.17, 15) is 5.11 Å². The lowest BCUT2D eigenvalue weighted by Gasteiger charge is -2.24. The van der Waals surface area contributed by atoms with Gasteiger partial charge in [-0.1, -0.05) is 49.4 Å². The maximum atomic E-state index is 9.87. The molecule has 0 heterocycles. The van der Waals surface area contributed by atoms with Crippen molar-refractivity contribution >= 4 is 10.8 Å². The van der Waals surface area contributed by atoms with E-state index in [4.69, 9.17) is 14.6 Å². The van der Waals surface area contributed by atoms with Gasteiger partial charge in [-0.3, -0.25) is 0 Å². The SMILES string of the molecule is COCOC[C@@H](Cc1cccc2ccccc12)C[C@H](C)[C@H](O)CO. The van der Waals surface area contributed by atoms with Gasteiger partial charge in [0.1, 0.15) is 6.79 Å². The number of hydrogen-bond acceptors (Lipinski definition) is 4. The fourth-order valence-corrected chi connectivity index (χ4v) is 3.15. The van der Waals surface area contributed by atoms with Crippen molar-refractivity contribution in [3.63, 3.8) is 0 Å². The molecule has 4 nitrogen and oxygen atoms in total. The average molecular weight is 332 g/mol. The lowest BCUT2D eigenvalue weighted by molar-refractivity contribution is -0.0488. The molecule has 132 valence electrons. The summed E-state index contributed by atoms with van der Waals surface area (Å²) in [4.78, 5) is 0. The molecule has 0 radical (unpaired) electrons. The molecule has 2 aromatic carbocycles. The van der Waals surface area contributed by atoms with Crippen molar-refractivity contribution in [1.29, 1.82) is 0 Å². The summed E-state index contributed by atoms with van der Waals surface area (Å²) in [6.45, 7) is 2.59. The van der Waals surface area contributed by atoms with Crippen LogP contribution in [0.25, 0.3) is 10.8 Å². The molecule has 2 N–H and O–H groups in total. The number of methoxy groups -OCH3 is 1. The molecule has 0 amide bonds. The third-order valence-electron chi connectivity index (χ3n) is 4.49. The molecule has 0 bridgehead atoms. The normalized spacial score (nSPS) is 15.3. The fourth-order valence-electron chi connectivity index (χ4n) is 3.15. The van der Waals surface area contributed by atoms with Crippen LogP contribution >= 0.6 is 0 Å². The first-order valence-electron chi connectivity index (χ1n) is 8.48. The first-order valence-corrected chi connectivity index (χ1v) is 8.48. The summed E-state index contributed by atoms with van der Waals surface area (Å²) in [6, 6.07) is 14.7. The van der Waals surface area contributed by atoms with Crippen molar-refractivity contribution in [2.45, 2.75) is 25.9 Å². The van der Waals surface area contributed by atoms with Crippen molar-refractivity contribution < 1.29 is 19.7 Å². The molecule has 0 unspecified atom stereocenters. The quantitative estimate of drug-likeness (QED) is 0.519. The lowest BCUT2D eigenvalue weighted by Crippen LogP contribution is -2.26. The van der Waals surface area contributed by atoms with E-state index in [0.717, 1.165) is 12.8 Å². The van der Waals surface area contributed by atoms with Crippen molar-refractivity contribution in [1.82, 2.24) is 0 Å². The second-order valence-corrected chi connectivity index (χ2v) is 6.45. The third kappa shape index (κ3) is 5.28. The minimum absolute atomic E-state index is 0.0149. The molecule has 0 fully saturated rings. The smallest absolute Gasteiger partial charge is 0.146 e. The summed E-state index contributed by atoms with van der Waals surface area (Å²) in [5, 5.41) is 21.5. The first-order chi connectivity index (χ1) is 11.7. The van der Waals surface area contributed by atoms with E-state index in [0.29, 0.717) is 6.61 Å². The van der Waals surface area contributed by atoms with Crippen LogP contribution in [0.15, 0.2) is 42.5 Å². The Hall–Kier alpha value is -1.46. The number of hydrogen-bond donors (Lipinski definition) is 2. The number of aliphatic hydroxyl groups excluding tert-OH is 2. The summed E-state index contributed by atoms with van der Waals surface area (Å²) in [5.41, 5.74) is 1.28. The molecule has 0 aliphatic heterocycles. The number of aliphatic hydroxyl groups is 2. The highest BCUT2D eigenvalue weighted by Gasteiger charge is 2.20. The molecule has 3 atom stereocenters. The molecule has 0 saturated heterocycles. The Kier molecular flexibility index (Phi) is 7.66. The number of rotatable bonds is 10. The maximum absolute atomic E-state index is 9.87. The molecule has 0 aliphatic carbocycles. The van der Waals surface area contributed by atoms with Gasteiger partial charge in [0.15, 0.2) is 0 Å². The van der Waals surface area contributed by atoms with E-state index in [1.54, 1.807) is 7.11 Å². The van der Waals surface area contributed by atoms with Gasteiger partial charge < -0.3 is 19.7 Å². The number of benzene rings is 2. The van der Waals surface area contributed by atoms with Crippen LogP contribution in [0.2, 0.25) is 0 Å². The van der Waals surface area contributed by atoms with E-state index < -0.39 is 6.10 Å². The van der Waals surface area contributed by atoms with Crippen LogP contribution in [0.3, 0.4) is 0 Å². The highest BCUT2D eigenvalue weighted by Crippen LogP contribution is 2.25. The molecule has 2 rings (SSSR count). The zero-order chi connectivity index (χ0) is 17.4. The maximum Gasteiger partial charge on any atom is 0.146 e. The van der Waals surface area contributed by atoms with Gasteiger partial charge in [0, 0.05) is 7.11 Å². The highest BCUT2D eigenvalue weighted by atomic mass is 16.7. The Morgan fingerprint density at radius 3 is 2.58 bits per heavy atom. The molecule has 24 heavy (non-hydrogen) atoms. The molecule has 0 spiro atoms. The molecule has 0 saturated carbocycles. The van der Waals surface area contributed by atoms with Gasteiger partial charge in [0.25, 0.3) is 0 Å². The summed E-state index contributed by atoms with van der Waals surface area (Å²) in [7, 11) is 1.61. The van der Waals surface area contributed by atoms with E-state index >= 15 is 0 Å². The molecule has 2 aromatic rings. The summed E-state index contributed by atoms with van der Waals surface area (Å²) >= 11 is 0. The third-order valence-corrected chi connectivity index (χ3v) is 4.49. The second-order valence-electron chi connectivity index (χ2n) is 6.45. The summed E-state index contributed by atoms with van der Waals surface area (Å²) in [5.74, 6) is 0.267. The topological polar surface area (TPSA) is 58.9 Å². The molecular formula is C20H28O4. The van der Waals surface area contributed by atoms with Gasteiger partial charge in [-0.05, 0) is 41.0 Å². The molecule has 0 aliphatic rings. The Balaban J connectivity index is 2.13. The van der Waals surface area contributed by atoms with Gasteiger partial charge >= 0.3 is 0 Å². The van der Waals surface area contributed by atoms with Gasteiger partial charge in [-0.2, -0.15) is 0 Å². The van der Waals surface area contributed by atoms with E-state index in [1.807, 2.05) is 13.0 Å². The van der Waals surface area contributed by atoms with Crippen LogP contribution in [-0.4, -0.2) is 43.4 Å². The Morgan fingerprint density at radius 1 is 1.08 bits per heavy atom. The van der Waals surface area contributed by atoms with Gasteiger partial charge in [0.05, 0.1) is 19.3 Å². The molecule has 4 heteroatoms. The van der Waals surface area contributed by atoms with Crippen LogP contribution in [0.4, 0.5) is 0 Å². The van der Waals surface area contributed by atoms with Crippen LogP contribution in [0.5, 0.6) is 0 Å². The molecule has 0 aromatic heterocycles. The van der Waals surface area contributed by atoms with Gasteiger partial charge in [0.2, 0.25) is 0 Å². The van der Waals surface area contributed by atoms with Crippen LogP contribution in [-0.2, 0) is 15.9 Å². The molecular weight excluding hydrogens is 304 g/mol.